The quantitative estimate of drug-likeness (QED) is 0.302. The lowest BCUT2D eigenvalue weighted by Gasteiger charge is -2.16. The van der Waals surface area contributed by atoms with E-state index in [1.54, 1.807) is 12.1 Å². The van der Waals surface area contributed by atoms with Gasteiger partial charge < -0.3 is 4.57 Å². The summed E-state index contributed by atoms with van der Waals surface area (Å²) in [7, 11) is 0. The summed E-state index contributed by atoms with van der Waals surface area (Å²) in [6.07, 6.45) is 4.17. The molecule has 4 heteroatoms. The van der Waals surface area contributed by atoms with E-state index in [4.69, 9.17) is 0 Å². The number of fused-ring (bicyclic) bond motifs is 1. The Hall–Kier alpha value is -3.66. The van der Waals surface area contributed by atoms with Crippen molar-refractivity contribution in [2.75, 3.05) is 0 Å². The lowest BCUT2D eigenvalue weighted by atomic mass is 10.0. The Balaban J connectivity index is 1.74. The van der Waals surface area contributed by atoms with Crippen LogP contribution in [-0.2, 0) is 19.3 Å². The molecular formula is C26H22N2O2. The van der Waals surface area contributed by atoms with E-state index in [9.17, 15) is 10.1 Å². The van der Waals surface area contributed by atoms with Crippen LogP contribution >= 0.6 is 0 Å². The zero-order valence-corrected chi connectivity index (χ0v) is 16.6. The highest BCUT2D eigenvalue weighted by Crippen LogP contribution is 2.40. The SMILES string of the molecule is O=[N+]([O-])c1ccc(-n2c(Cc3ccccc3)c3c(c2-c2ccccc2)CCC3)cc1. The number of aromatic nitrogens is 1. The second-order valence-corrected chi connectivity index (χ2v) is 7.74. The minimum absolute atomic E-state index is 0.115. The van der Waals surface area contributed by atoms with Gasteiger partial charge in [-0.25, -0.2) is 0 Å². The van der Waals surface area contributed by atoms with Crippen LogP contribution in [0.4, 0.5) is 5.69 Å². The predicted octanol–water partition coefficient (Wildman–Crippen LogP) is 6.13. The second kappa shape index (κ2) is 7.64. The number of non-ortho nitro benzene ring substituents is 1. The summed E-state index contributed by atoms with van der Waals surface area (Å²) in [5, 5.41) is 11.2. The van der Waals surface area contributed by atoms with E-state index >= 15 is 0 Å². The first-order valence-electron chi connectivity index (χ1n) is 10.3. The number of nitrogens with zero attached hydrogens (tertiary/aromatic N) is 2. The highest BCUT2D eigenvalue weighted by Gasteiger charge is 2.27. The molecular weight excluding hydrogens is 372 g/mol. The second-order valence-electron chi connectivity index (χ2n) is 7.74. The van der Waals surface area contributed by atoms with Crippen LogP contribution in [0.3, 0.4) is 0 Å². The Kier molecular flexibility index (Phi) is 4.68. The summed E-state index contributed by atoms with van der Waals surface area (Å²) in [6, 6.07) is 27.9. The molecule has 0 saturated carbocycles. The van der Waals surface area contributed by atoms with Gasteiger partial charge in [-0.3, -0.25) is 10.1 Å². The van der Waals surface area contributed by atoms with Crippen LogP contribution in [-0.4, -0.2) is 9.49 Å². The Labute approximate surface area is 175 Å². The molecule has 0 atom stereocenters. The molecule has 5 rings (SSSR count). The maximum Gasteiger partial charge on any atom is 0.269 e. The fraction of sp³-hybridized carbons (Fsp3) is 0.154. The van der Waals surface area contributed by atoms with Crippen LogP contribution in [0, 0.1) is 10.1 Å². The molecule has 0 spiro atoms. The number of benzene rings is 3. The third-order valence-electron chi connectivity index (χ3n) is 5.93. The monoisotopic (exact) mass is 394 g/mol. The molecule has 0 aliphatic heterocycles. The number of hydrogen-bond acceptors (Lipinski definition) is 2. The van der Waals surface area contributed by atoms with E-state index in [1.807, 2.05) is 24.3 Å². The third-order valence-corrected chi connectivity index (χ3v) is 5.93. The van der Waals surface area contributed by atoms with Gasteiger partial charge in [0.2, 0.25) is 0 Å². The molecule has 1 aliphatic rings. The van der Waals surface area contributed by atoms with E-state index in [1.165, 1.54) is 40.1 Å². The first kappa shape index (κ1) is 18.4. The molecule has 1 aliphatic carbocycles. The molecule has 3 aromatic carbocycles. The summed E-state index contributed by atoms with van der Waals surface area (Å²) < 4.78 is 2.33. The van der Waals surface area contributed by atoms with Crippen molar-refractivity contribution in [3.63, 3.8) is 0 Å². The summed E-state index contributed by atoms with van der Waals surface area (Å²) in [6.45, 7) is 0. The molecule has 4 aromatic rings. The lowest BCUT2D eigenvalue weighted by molar-refractivity contribution is -0.384. The van der Waals surface area contributed by atoms with Crippen LogP contribution < -0.4 is 0 Å². The zero-order valence-electron chi connectivity index (χ0n) is 16.6. The van der Waals surface area contributed by atoms with Crippen molar-refractivity contribution in [1.82, 2.24) is 4.57 Å². The van der Waals surface area contributed by atoms with E-state index in [0.717, 1.165) is 24.9 Å². The smallest absolute Gasteiger partial charge is 0.269 e. The van der Waals surface area contributed by atoms with Crippen LogP contribution in [0.1, 0.15) is 28.8 Å². The standard InChI is InChI=1S/C26H22N2O2/c29-28(30)22-16-14-21(15-17-22)27-25(18-19-8-3-1-4-9-19)23-12-7-13-24(23)26(27)20-10-5-2-6-11-20/h1-6,8-11,14-17H,7,12-13,18H2. The minimum atomic E-state index is -0.345. The maximum absolute atomic E-state index is 11.2. The van der Waals surface area contributed by atoms with E-state index in [2.05, 4.69) is 53.1 Å². The average molecular weight is 394 g/mol. The van der Waals surface area contributed by atoms with Crippen molar-refractivity contribution < 1.29 is 4.92 Å². The highest BCUT2D eigenvalue weighted by molar-refractivity contribution is 5.72. The molecule has 0 radical (unpaired) electrons. The van der Waals surface area contributed by atoms with Gasteiger partial charge in [0.15, 0.2) is 0 Å². The molecule has 0 bridgehead atoms. The zero-order chi connectivity index (χ0) is 20.5. The van der Waals surface area contributed by atoms with Crippen LogP contribution in [0.15, 0.2) is 84.9 Å². The lowest BCUT2D eigenvalue weighted by Crippen LogP contribution is -2.06. The van der Waals surface area contributed by atoms with E-state index in [0.29, 0.717) is 0 Å². The van der Waals surface area contributed by atoms with E-state index < -0.39 is 0 Å². The molecule has 4 nitrogen and oxygen atoms in total. The minimum Gasteiger partial charge on any atom is -0.313 e. The van der Waals surface area contributed by atoms with Crippen molar-refractivity contribution in [2.24, 2.45) is 0 Å². The van der Waals surface area contributed by atoms with Crippen molar-refractivity contribution in [2.45, 2.75) is 25.7 Å². The number of nitro benzene ring substituents is 1. The first-order valence-corrected chi connectivity index (χ1v) is 10.3. The van der Waals surface area contributed by atoms with Gasteiger partial charge in [-0.05, 0) is 53.6 Å². The van der Waals surface area contributed by atoms with Gasteiger partial charge >= 0.3 is 0 Å². The summed E-state index contributed by atoms with van der Waals surface area (Å²) in [5.74, 6) is 0. The van der Waals surface area contributed by atoms with Crippen molar-refractivity contribution in [3.8, 4) is 16.9 Å². The molecule has 1 heterocycles. The van der Waals surface area contributed by atoms with Crippen molar-refractivity contribution >= 4 is 5.69 Å². The van der Waals surface area contributed by atoms with Gasteiger partial charge in [0.1, 0.15) is 0 Å². The average Bonchev–Trinajstić information content (AvgIpc) is 3.37. The van der Waals surface area contributed by atoms with E-state index in [-0.39, 0.29) is 10.6 Å². The fourth-order valence-corrected chi connectivity index (χ4v) is 4.61. The normalized spacial score (nSPS) is 12.7. The first-order chi connectivity index (χ1) is 14.7. The predicted molar refractivity (Wildman–Crippen MR) is 119 cm³/mol. The van der Waals surface area contributed by atoms with Crippen molar-refractivity contribution in [1.29, 1.82) is 0 Å². The molecule has 0 unspecified atom stereocenters. The molecule has 148 valence electrons. The topological polar surface area (TPSA) is 48.1 Å². The Bertz CT molecular complexity index is 1190. The van der Waals surface area contributed by atoms with Gasteiger partial charge in [0, 0.05) is 29.9 Å². The Morgan fingerprint density at radius 3 is 2.10 bits per heavy atom. The fourth-order valence-electron chi connectivity index (χ4n) is 4.61. The molecule has 30 heavy (non-hydrogen) atoms. The number of hydrogen-bond donors (Lipinski definition) is 0. The van der Waals surface area contributed by atoms with Gasteiger partial charge in [0.05, 0.1) is 10.6 Å². The van der Waals surface area contributed by atoms with Crippen LogP contribution in [0.2, 0.25) is 0 Å². The molecule has 0 N–H and O–H groups in total. The summed E-state index contributed by atoms with van der Waals surface area (Å²) >= 11 is 0. The Morgan fingerprint density at radius 2 is 1.43 bits per heavy atom. The summed E-state index contributed by atoms with van der Waals surface area (Å²) in [4.78, 5) is 10.8. The molecule has 0 amide bonds. The molecule has 0 saturated heterocycles. The van der Waals surface area contributed by atoms with Gasteiger partial charge in [-0.15, -0.1) is 0 Å². The van der Waals surface area contributed by atoms with Crippen molar-refractivity contribution in [3.05, 3.63) is 117 Å². The number of nitro groups is 1. The number of rotatable bonds is 5. The maximum atomic E-state index is 11.2. The molecule has 0 fully saturated rings. The van der Waals surface area contributed by atoms with Crippen LogP contribution in [0.25, 0.3) is 16.9 Å². The molecule has 1 aromatic heterocycles. The Morgan fingerprint density at radius 1 is 0.800 bits per heavy atom. The van der Waals surface area contributed by atoms with Gasteiger partial charge in [-0.2, -0.15) is 0 Å². The third kappa shape index (κ3) is 3.20. The van der Waals surface area contributed by atoms with Crippen LogP contribution in [0.5, 0.6) is 0 Å². The van der Waals surface area contributed by atoms with Gasteiger partial charge in [-0.1, -0.05) is 60.7 Å². The summed E-state index contributed by atoms with van der Waals surface area (Å²) in [5.41, 5.74) is 8.93. The van der Waals surface area contributed by atoms with Gasteiger partial charge in [0.25, 0.3) is 5.69 Å². The largest absolute Gasteiger partial charge is 0.313 e. The highest BCUT2D eigenvalue weighted by atomic mass is 16.6.